The van der Waals surface area contributed by atoms with Crippen LogP contribution in [0.25, 0.3) is 0 Å². The number of halogens is 1. The first kappa shape index (κ1) is 15.4. The SMILES string of the molecule is C[C@@H]1CN(c2c([N+](=O)[O-])ncn2C)C[C@H](c2ccc(F)cc2)O1. The van der Waals surface area contributed by atoms with E-state index in [0.717, 1.165) is 5.56 Å². The topological polar surface area (TPSA) is 73.4 Å². The molecule has 0 bridgehead atoms. The van der Waals surface area contributed by atoms with Crippen LogP contribution in [0.3, 0.4) is 0 Å². The number of morpholine rings is 1. The normalized spacial score (nSPS) is 21.4. The second kappa shape index (κ2) is 5.96. The first-order valence-electron chi connectivity index (χ1n) is 7.27. The zero-order valence-electron chi connectivity index (χ0n) is 12.8. The minimum absolute atomic E-state index is 0.117. The second-order valence-electron chi connectivity index (χ2n) is 5.65. The van der Waals surface area contributed by atoms with Gasteiger partial charge in [-0.3, -0.25) is 4.57 Å². The van der Waals surface area contributed by atoms with Crippen LogP contribution in [0, 0.1) is 15.9 Å². The molecule has 2 heterocycles. The van der Waals surface area contributed by atoms with E-state index in [9.17, 15) is 14.5 Å². The molecule has 3 rings (SSSR count). The summed E-state index contributed by atoms with van der Waals surface area (Å²) in [5, 5.41) is 11.2. The maximum absolute atomic E-state index is 13.1. The minimum atomic E-state index is -0.484. The van der Waals surface area contributed by atoms with E-state index in [1.807, 2.05) is 11.8 Å². The lowest BCUT2D eigenvalue weighted by Crippen LogP contribution is -2.43. The molecule has 1 aromatic heterocycles. The Morgan fingerprint density at radius 3 is 2.70 bits per heavy atom. The molecule has 0 unspecified atom stereocenters. The number of anilines is 1. The lowest BCUT2D eigenvalue weighted by atomic mass is 10.1. The molecule has 7 nitrogen and oxygen atoms in total. The summed E-state index contributed by atoms with van der Waals surface area (Å²) in [6.45, 7) is 2.87. The molecule has 0 N–H and O–H groups in total. The molecule has 0 amide bonds. The van der Waals surface area contributed by atoms with E-state index < -0.39 is 4.92 Å². The van der Waals surface area contributed by atoms with E-state index >= 15 is 0 Å². The Balaban J connectivity index is 1.91. The van der Waals surface area contributed by atoms with Crippen LogP contribution in [-0.2, 0) is 11.8 Å². The predicted octanol–water partition coefficient (Wildman–Crippen LogP) is 2.43. The second-order valence-corrected chi connectivity index (χ2v) is 5.65. The number of nitrogens with zero attached hydrogens (tertiary/aromatic N) is 4. The minimum Gasteiger partial charge on any atom is -0.367 e. The Morgan fingerprint density at radius 2 is 2.04 bits per heavy atom. The summed E-state index contributed by atoms with van der Waals surface area (Å²) in [4.78, 5) is 16.4. The summed E-state index contributed by atoms with van der Waals surface area (Å²) in [5.74, 6) is -0.0199. The van der Waals surface area contributed by atoms with Gasteiger partial charge in [-0.25, -0.2) is 4.39 Å². The van der Waals surface area contributed by atoms with Gasteiger partial charge in [0.2, 0.25) is 12.1 Å². The van der Waals surface area contributed by atoms with Crippen LogP contribution >= 0.6 is 0 Å². The van der Waals surface area contributed by atoms with Crippen LogP contribution in [0.1, 0.15) is 18.6 Å². The van der Waals surface area contributed by atoms with Crippen molar-refractivity contribution in [2.45, 2.75) is 19.1 Å². The van der Waals surface area contributed by atoms with Crippen molar-refractivity contribution in [2.75, 3.05) is 18.0 Å². The fraction of sp³-hybridized carbons (Fsp3) is 0.400. The highest BCUT2D eigenvalue weighted by molar-refractivity contribution is 5.55. The highest BCUT2D eigenvalue weighted by Gasteiger charge is 2.33. The molecule has 1 aromatic carbocycles. The summed E-state index contributed by atoms with van der Waals surface area (Å²) >= 11 is 0. The quantitative estimate of drug-likeness (QED) is 0.641. The number of rotatable bonds is 3. The van der Waals surface area contributed by atoms with Crippen molar-refractivity contribution in [3.8, 4) is 0 Å². The van der Waals surface area contributed by atoms with Gasteiger partial charge in [-0.2, -0.15) is 0 Å². The summed E-state index contributed by atoms with van der Waals surface area (Å²) in [5.41, 5.74) is 0.841. The smallest absolute Gasteiger partial charge is 0.367 e. The third-order valence-corrected chi connectivity index (χ3v) is 3.86. The molecule has 0 spiro atoms. The Morgan fingerprint density at radius 1 is 1.35 bits per heavy atom. The van der Waals surface area contributed by atoms with E-state index in [0.29, 0.717) is 18.9 Å². The monoisotopic (exact) mass is 320 g/mol. The lowest BCUT2D eigenvalue weighted by Gasteiger charge is -2.37. The number of aromatic nitrogens is 2. The Labute approximate surface area is 132 Å². The van der Waals surface area contributed by atoms with Gasteiger partial charge in [-0.05, 0) is 34.5 Å². The average Bonchev–Trinajstić information content (AvgIpc) is 2.89. The third kappa shape index (κ3) is 3.02. The predicted molar refractivity (Wildman–Crippen MR) is 81.8 cm³/mol. The molecular weight excluding hydrogens is 303 g/mol. The number of imidazole rings is 1. The van der Waals surface area contributed by atoms with E-state index in [2.05, 4.69) is 4.98 Å². The third-order valence-electron chi connectivity index (χ3n) is 3.86. The van der Waals surface area contributed by atoms with E-state index in [1.54, 1.807) is 23.7 Å². The van der Waals surface area contributed by atoms with Gasteiger partial charge in [0.15, 0.2) is 0 Å². The van der Waals surface area contributed by atoms with Gasteiger partial charge in [0.25, 0.3) is 0 Å². The number of ether oxygens (including phenoxy) is 1. The first-order valence-corrected chi connectivity index (χ1v) is 7.27. The summed E-state index contributed by atoms with van der Waals surface area (Å²) in [7, 11) is 1.72. The van der Waals surface area contributed by atoms with Crippen LogP contribution in [-0.4, -0.2) is 33.7 Å². The summed E-state index contributed by atoms with van der Waals surface area (Å²) in [6, 6.07) is 6.12. The molecule has 1 saturated heterocycles. The van der Waals surface area contributed by atoms with Crippen LogP contribution in [0.4, 0.5) is 16.0 Å². The van der Waals surface area contributed by atoms with Crippen LogP contribution < -0.4 is 4.90 Å². The van der Waals surface area contributed by atoms with Crippen molar-refractivity contribution >= 4 is 11.6 Å². The van der Waals surface area contributed by atoms with Crippen molar-refractivity contribution in [1.29, 1.82) is 0 Å². The zero-order valence-corrected chi connectivity index (χ0v) is 12.8. The van der Waals surface area contributed by atoms with Gasteiger partial charge >= 0.3 is 5.82 Å². The standard InChI is InChI=1S/C15H17FN4O3/c1-10-7-19(15-14(20(21)22)17-9-18(15)2)8-13(23-10)11-3-5-12(16)6-4-11/h3-6,9-10,13H,7-8H2,1-2H3/t10-,13-/m1/s1. The Kier molecular flexibility index (Phi) is 3.99. The molecule has 1 aliphatic rings. The molecule has 8 heteroatoms. The summed E-state index contributed by atoms with van der Waals surface area (Å²) < 4.78 is 20.6. The van der Waals surface area contributed by atoms with Crippen LogP contribution in [0.15, 0.2) is 30.6 Å². The number of benzene rings is 1. The van der Waals surface area contributed by atoms with Crippen molar-refractivity contribution in [3.63, 3.8) is 0 Å². The highest BCUT2D eigenvalue weighted by Crippen LogP contribution is 2.32. The van der Waals surface area contributed by atoms with Crippen molar-refractivity contribution in [3.05, 3.63) is 52.1 Å². The number of nitro groups is 1. The summed E-state index contributed by atoms with van der Waals surface area (Å²) in [6.07, 6.45) is 1.03. The molecular formula is C15H17FN4O3. The number of hydrogen-bond acceptors (Lipinski definition) is 5. The molecule has 2 atom stereocenters. The van der Waals surface area contributed by atoms with Gasteiger partial charge in [0.05, 0.1) is 12.6 Å². The van der Waals surface area contributed by atoms with Crippen molar-refractivity contribution < 1.29 is 14.1 Å². The Bertz CT molecular complexity index is 716. The van der Waals surface area contributed by atoms with Crippen LogP contribution in [0.5, 0.6) is 0 Å². The maximum Gasteiger partial charge on any atom is 0.406 e. The largest absolute Gasteiger partial charge is 0.406 e. The fourth-order valence-electron chi connectivity index (χ4n) is 2.89. The molecule has 1 fully saturated rings. The van der Waals surface area contributed by atoms with Gasteiger partial charge in [0, 0.05) is 13.6 Å². The maximum atomic E-state index is 13.1. The van der Waals surface area contributed by atoms with Crippen molar-refractivity contribution in [1.82, 2.24) is 9.55 Å². The molecule has 0 radical (unpaired) electrons. The van der Waals surface area contributed by atoms with E-state index in [4.69, 9.17) is 4.74 Å². The van der Waals surface area contributed by atoms with Gasteiger partial charge in [0.1, 0.15) is 11.9 Å². The number of hydrogen-bond donors (Lipinski definition) is 0. The molecule has 2 aromatic rings. The zero-order chi connectivity index (χ0) is 16.6. The highest BCUT2D eigenvalue weighted by atomic mass is 19.1. The molecule has 23 heavy (non-hydrogen) atoms. The first-order chi connectivity index (χ1) is 11.0. The molecule has 122 valence electrons. The van der Waals surface area contributed by atoms with Crippen molar-refractivity contribution in [2.24, 2.45) is 7.05 Å². The molecule has 0 saturated carbocycles. The van der Waals surface area contributed by atoms with Gasteiger partial charge in [-0.15, -0.1) is 0 Å². The van der Waals surface area contributed by atoms with Gasteiger partial charge in [-0.1, -0.05) is 12.1 Å². The van der Waals surface area contributed by atoms with E-state index in [-0.39, 0.29) is 23.8 Å². The number of aryl methyl sites for hydroxylation is 1. The molecule has 1 aliphatic heterocycles. The van der Waals surface area contributed by atoms with E-state index in [1.165, 1.54) is 18.5 Å². The lowest BCUT2D eigenvalue weighted by molar-refractivity contribution is -0.388. The van der Waals surface area contributed by atoms with Crippen LogP contribution in [0.2, 0.25) is 0 Å². The Hall–Kier alpha value is -2.48. The fourth-order valence-corrected chi connectivity index (χ4v) is 2.89. The average molecular weight is 320 g/mol. The molecule has 0 aliphatic carbocycles. The van der Waals surface area contributed by atoms with Gasteiger partial charge < -0.3 is 19.8 Å².